The van der Waals surface area contributed by atoms with Crippen LogP contribution in [0.3, 0.4) is 0 Å². The molecule has 0 saturated heterocycles. The molecule has 1 aromatic rings. The Balaban J connectivity index is 2.36. The van der Waals surface area contributed by atoms with Gasteiger partial charge in [-0.05, 0) is 44.4 Å². The first kappa shape index (κ1) is 25.5. The fourth-order valence-corrected chi connectivity index (χ4v) is 2.97. The molecule has 168 valence electrons. The van der Waals surface area contributed by atoms with E-state index < -0.39 is 12.0 Å². The zero-order valence-electron chi connectivity index (χ0n) is 18.2. The van der Waals surface area contributed by atoms with Crippen molar-refractivity contribution in [3.8, 4) is 0 Å². The van der Waals surface area contributed by atoms with Crippen molar-refractivity contribution in [3.63, 3.8) is 0 Å². The zero-order chi connectivity index (χ0) is 22.2. The van der Waals surface area contributed by atoms with E-state index in [1.807, 2.05) is 6.92 Å². The van der Waals surface area contributed by atoms with Crippen molar-refractivity contribution >= 4 is 12.0 Å². The number of benzene rings is 1. The number of unbranched alkanes of at least 4 members (excludes halogenated alkanes) is 2. The number of carboxylic acid groups (broad SMARTS) is 1. The van der Waals surface area contributed by atoms with Gasteiger partial charge in [-0.15, -0.1) is 0 Å². The number of aliphatic hydroxyl groups is 1. The van der Waals surface area contributed by atoms with E-state index >= 15 is 0 Å². The highest BCUT2D eigenvalue weighted by atomic mass is 16.4. The third kappa shape index (κ3) is 12.8. The summed E-state index contributed by atoms with van der Waals surface area (Å²) in [5.41, 5.74) is 2.50. The highest BCUT2D eigenvalue weighted by Gasteiger charge is 2.14. The first-order valence-electron chi connectivity index (χ1n) is 10.8. The molecule has 1 unspecified atom stereocenters. The molecule has 30 heavy (non-hydrogen) atoms. The Hall–Kier alpha value is -2.54. The first-order chi connectivity index (χ1) is 14.4. The molecular weight excluding hydrogens is 382 g/mol. The fraction of sp³-hybridized carbons (Fsp3) is 0.565. The van der Waals surface area contributed by atoms with Gasteiger partial charge in [-0.1, -0.05) is 49.6 Å². The molecule has 0 heterocycles. The second kappa shape index (κ2) is 15.3. The van der Waals surface area contributed by atoms with Gasteiger partial charge in [0.05, 0.1) is 12.2 Å². The van der Waals surface area contributed by atoms with Crippen LogP contribution in [0, 0.1) is 6.92 Å². The molecular formula is C23H37N3O4. The van der Waals surface area contributed by atoms with E-state index in [0.29, 0.717) is 6.42 Å². The standard InChI is InChI=1S/C23H37N3O4/c1-3-4-8-21(27)16-20(26-23(30)25-15-13-22(28)29)7-5-6-14-24-17-19-11-9-18(2)10-12-19/h8-12,20,24,27H,3-7,13-17H2,1-2H3,(H,28,29)(H2,25,26,30)/b21-8+. The maximum Gasteiger partial charge on any atom is 0.315 e. The predicted octanol–water partition coefficient (Wildman–Crippen LogP) is 4.03. The molecule has 0 aliphatic heterocycles. The lowest BCUT2D eigenvalue weighted by molar-refractivity contribution is -0.136. The van der Waals surface area contributed by atoms with Crippen LogP contribution in [-0.2, 0) is 11.3 Å². The maximum absolute atomic E-state index is 12.0. The number of nitrogens with one attached hydrogen (secondary N) is 3. The minimum absolute atomic E-state index is 0.0779. The lowest BCUT2D eigenvalue weighted by Gasteiger charge is -2.19. The number of allylic oxidation sites excluding steroid dienone is 1. The molecule has 0 saturated carbocycles. The molecule has 0 bridgehead atoms. The van der Waals surface area contributed by atoms with Crippen LogP contribution in [0.4, 0.5) is 4.79 Å². The van der Waals surface area contributed by atoms with Crippen molar-refractivity contribution in [2.45, 2.75) is 71.4 Å². The lowest BCUT2D eigenvalue weighted by atomic mass is 10.0. The van der Waals surface area contributed by atoms with Gasteiger partial charge < -0.3 is 26.2 Å². The SMILES string of the molecule is CCC/C=C(/O)CC(CCCCNCc1ccc(C)cc1)NC(=O)NCCC(=O)O. The summed E-state index contributed by atoms with van der Waals surface area (Å²) in [6.07, 6.45) is 6.40. The van der Waals surface area contributed by atoms with Gasteiger partial charge in [-0.3, -0.25) is 4.79 Å². The second-order valence-electron chi connectivity index (χ2n) is 7.59. The highest BCUT2D eigenvalue weighted by molar-refractivity contribution is 5.75. The summed E-state index contributed by atoms with van der Waals surface area (Å²) in [6.45, 7) is 5.90. The topological polar surface area (TPSA) is 111 Å². The summed E-state index contributed by atoms with van der Waals surface area (Å²) < 4.78 is 0. The van der Waals surface area contributed by atoms with Gasteiger partial charge in [-0.2, -0.15) is 0 Å². The highest BCUT2D eigenvalue weighted by Crippen LogP contribution is 2.11. The van der Waals surface area contributed by atoms with Crippen molar-refractivity contribution in [2.75, 3.05) is 13.1 Å². The lowest BCUT2D eigenvalue weighted by Crippen LogP contribution is -2.43. The summed E-state index contributed by atoms with van der Waals surface area (Å²) in [5, 5.41) is 27.6. The third-order valence-corrected chi connectivity index (χ3v) is 4.69. The van der Waals surface area contributed by atoms with E-state index in [4.69, 9.17) is 5.11 Å². The Morgan fingerprint density at radius 1 is 1.10 bits per heavy atom. The number of hydrogen-bond acceptors (Lipinski definition) is 4. The number of carbonyl (C=O) groups excluding carboxylic acids is 1. The number of hydrogen-bond donors (Lipinski definition) is 5. The van der Waals surface area contributed by atoms with Crippen molar-refractivity contribution in [2.24, 2.45) is 0 Å². The molecule has 7 heteroatoms. The van der Waals surface area contributed by atoms with E-state index in [0.717, 1.165) is 45.2 Å². The van der Waals surface area contributed by atoms with Gasteiger partial charge >= 0.3 is 12.0 Å². The quantitative estimate of drug-likeness (QED) is 0.218. The average molecular weight is 420 g/mol. The molecule has 0 aliphatic rings. The molecule has 0 spiro atoms. The number of carbonyl (C=O) groups is 2. The fourth-order valence-electron chi connectivity index (χ4n) is 2.97. The van der Waals surface area contributed by atoms with Crippen LogP contribution in [0.5, 0.6) is 0 Å². The van der Waals surface area contributed by atoms with Gasteiger partial charge in [0, 0.05) is 25.6 Å². The molecule has 0 fully saturated rings. The van der Waals surface area contributed by atoms with Crippen molar-refractivity contribution in [3.05, 3.63) is 47.2 Å². The average Bonchev–Trinajstić information content (AvgIpc) is 2.69. The number of aryl methyl sites for hydroxylation is 1. The van der Waals surface area contributed by atoms with Crippen LogP contribution in [0.1, 0.15) is 63.0 Å². The minimum atomic E-state index is -0.954. The summed E-state index contributed by atoms with van der Waals surface area (Å²) in [4.78, 5) is 22.6. The zero-order valence-corrected chi connectivity index (χ0v) is 18.2. The summed E-state index contributed by atoms with van der Waals surface area (Å²) in [7, 11) is 0. The molecule has 0 radical (unpaired) electrons. The number of aliphatic carboxylic acids is 1. The number of amides is 2. The van der Waals surface area contributed by atoms with Crippen molar-refractivity contribution < 1.29 is 19.8 Å². The van der Waals surface area contributed by atoms with Crippen LogP contribution in [-0.4, -0.2) is 41.3 Å². The largest absolute Gasteiger partial charge is 0.513 e. The summed E-state index contributed by atoms with van der Waals surface area (Å²) >= 11 is 0. The monoisotopic (exact) mass is 419 g/mol. The molecule has 7 nitrogen and oxygen atoms in total. The van der Waals surface area contributed by atoms with Crippen LogP contribution < -0.4 is 16.0 Å². The van der Waals surface area contributed by atoms with Crippen LogP contribution in [0.15, 0.2) is 36.1 Å². The normalized spacial score (nSPS) is 12.4. The first-order valence-corrected chi connectivity index (χ1v) is 10.8. The number of urea groups is 1. The third-order valence-electron chi connectivity index (χ3n) is 4.69. The van der Waals surface area contributed by atoms with E-state index in [9.17, 15) is 14.7 Å². The minimum Gasteiger partial charge on any atom is -0.513 e. The molecule has 2 amide bonds. The maximum atomic E-state index is 12.0. The predicted molar refractivity (Wildman–Crippen MR) is 120 cm³/mol. The Morgan fingerprint density at radius 2 is 1.83 bits per heavy atom. The van der Waals surface area contributed by atoms with E-state index in [2.05, 4.69) is 47.1 Å². The summed E-state index contributed by atoms with van der Waals surface area (Å²) in [5.74, 6) is -0.671. The Kier molecular flexibility index (Phi) is 13.0. The molecule has 0 aliphatic carbocycles. The Morgan fingerprint density at radius 3 is 2.50 bits per heavy atom. The van der Waals surface area contributed by atoms with Gasteiger partial charge in [0.15, 0.2) is 0 Å². The molecule has 1 aromatic carbocycles. The van der Waals surface area contributed by atoms with Gasteiger partial charge in [-0.25, -0.2) is 4.79 Å². The van der Waals surface area contributed by atoms with Crippen LogP contribution in [0.2, 0.25) is 0 Å². The molecule has 1 rings (SSSR count). The smallest absolute Gasteiger partial charge is 0.315 e. The van der Waals surface area contributed by atoms with E-state index in [1.54, 1.807) is 6.08 Å². The molecule has 1 atom stereocenters. The van der Waals surface area contributed by atoms with E-state index in [1.165, 1.54) is 11.1 Å². The van der Waals surface area contributed by atoms with E-state index in [-0.39, 0.29) is 24.8 Å². The van der Waals surface area contributed by atoms with Crippen LogP contribution >= 0.6 is 0 Å². The molecule has 0 aromatic heterocycles. The summed E-state index contributed by atoms with van der Waals surface area (Å²) in [6, 6.07) is 7.86. The Bertz CT molecular complexity index is 659. The Labute approximate surface area is 180 Å². The number of aliphatic hydroxyl groups excluding tert-OH is 1. The molecule has 5 N–H and O–H groups in total. The van der Waals surface area contributed by atoms with Crippen LogP contribution in [0.25, 0.3) is 0 Å². The van der Waals surface area contributed by atoms with Gasteiger partial charge in [0.25, 0.3) is 0 Å². The van der Waals surface area contributed by atoms with Gasteiger partial charge in [0.2, 0.25) is 0 Å². The van der Waals surface area contributed by atoms with Crippen molar-refractivity contribution in [1.29, 1.82) is 0 Å². The second-order valence-corrected chi connectivity index (χ2v) is 7.59. The number of carboxylic acids is 1. The van der Waals surface area contributed by atoms with Gasteiger partial charge in [0.1, 0.15) is 0 Å². The van der Waals surface area contributed by atoms with Crippen molar-refractivity contribution in [1.82, 2.24) is 16.0 Å². The number of rotatable bonds is 15.